The van der Waals surface area contributed by atoms with Gasteiger partial charge in [0.25, 0.3) is 0 Å². The summed E-state index contributed by atoms with van der Waals surface area (Å²) in [5, 5.41) is 2.82. The number of carbonyl (C=O) groups excluding carboxylic acids is 2. The van der Waals surface area contributed by atoms with Crippen LogP contribution in [-0.4, -0.2) is 25.2 Å². The zero-order valence-corrected chi connectivity index (χ0v) is 13.1. The van der Waals surface area contributed by atoms with Crippen LogP contribution in [-0.2, 0) is 20.9 Å². The van der Waals surface area contributed by atoms with E-state index in [9.17, 15) is 9.59 Å². The lowest BCUT2D eigenvalue weighted by atomic mass is 10.1. The molecule has 1 N–H and O–H groups in total. The Morgan fingerprint density at radius 3 is 2.64 bits per heavy atom. The highest BCUT2D eigenvalue weighted by atomic mass is 16.5. The molecule has 0 fully saturated rings. The third-order valence-electron chi connectivity index (χ3n) is 3.05. The molecule has 1 aromatic rings. The van der Waals surface area contributed by atoms with Crippen molar-refractivity contribution in [1.82, 2.24) is 5.32 Å². The van der Waals surface area contributed by atoms with E-state index in [2.05, 4.69) is 10.1 Å². The number of ether oxygens (including phenoxy) is 2. The summed E-state index contributed by atoms with van der Waals surface area (Å²) < 4.78 is 9.71. The molecule has 22 heavy (non-hydrogen) atoms. The number of alkyl carbamates (subject to hydrolysis) is 1. The van der Waals surface area contributed by atoms with Gasteiger partial charge < -0.3 is 14.8 Å². The second-order valence-corrected chi connectivity index (χ2v) is 4.85. The van der Waals surface area contributed by atoms with Crippen molar-refractivity contribution in [3.05, 3.63) is 48.0 Å². The molecular formula is C17H23NO4. The Labute approximate surface area is 131 Å². The average molecular weight is 305 g/mol. The van der Waals surface area contributed by atoms with Crippen LogP contribution in [0.1, 0.15) is 31.7 Å². The summed E-state index contributed by atoms with van der Waals surface area (Å²) in [6, 6.07) is 9.44. The summed E-state index contributed by atoms with van der Waals surface area (Å²) in [6.45, 7) is 2.28. The highest BCUT2D eigenvalue weighted by molar-refractivity contribution is 5.81. The topological polar surface area (TPSA) is 64.6 Å². The smallest absolute Gasteiger partial charge is 0.407 e. The number of carbonyl (C=O) groups is 2. The molecule has 0 bridgehead atoms. The predicted octanol–water partition coefficient (Wildman–Crippen LogP) is 3.20. The lowest BCUT2D eigenvalue weighted by Crippen LogP contribution is -2.34. The Morgan fingerprint density at radius 1 is 1.27 bits per heavy atom. The van der Waals surface area contributed by atoms with E-state index in [-0.39, 0.29) is 12.6 Å². The first-order chi connectivity index (χ1) is 10.7. The Kier molecular flexibility index (Phi) is 8.42. The zero-order chi connectivity index (χ0) is 16.2. The fourth-order valence-electron chi connectivity index (χ4n) is 1.93. The van der Waals surface area contributed by atoms with Gasteiger partial charge in [0, 0.05) is 12.1 Å². The lowest BCUT2D eigenvalue weighted by molar-refractivity contribution is -0.134. The number of esters is 1. The van der Waals surface area contributed by atoms with Crippen molar-refractivity contribution in [2.75, 3.05) is 7.11 Å². The highest BCUT2D eigenvalue weighted by Crippen LogP contribution is 2.05. The van der Waals surface area contributed by atoms with Crippen LogP contribution in [0.4, 0.5) is 4.79 Å². The van der Waals surface area contributed by atoms with E-state index in [4.69, 9.17) is 4.74 Å². The maximum atomic E-state index is 11.8. The number of methoxy groups -OCH3 is 1. The van der Waals surface area contributed by atoms with E-state index in [0.717, 1.165) is 18.4 Å². The van der Waals surface area contributed by atoms with Crippen molar-refractivity contribution in [2.24, 2.45) is 0 Å². The van der Waals surface area contributed by atoms with Crippen LogP contribution in [0.3, 0.4) is 0 Å². The van der Waals surface area contributed by atoms with Gasteiger partial charge in [-0.25, -0.2) is 9.59 Å². The number of hydrogen-bond acceptors (Lipinski definition) is 4. The molecule has 5 heteroatoms. The quantitative estimate of drug-likeness (QED) is 0.591. The molecule has 0 saturated heterocycles. The SMILES string of the molecule is CCC[C@@H](C/C=C/C(=O)OC)NC(=O)OCc1ccccc1. The molecule has 0 aliphatic carbocycles. The standard InChI is InChI=1S/C17H23NO4/c1-3-8-15(11-7-12-16(19)21-2)18-17(20)22-13-14-9-5-4-6-10-14/h4-7,9-10,12,15H,3,8,11,13H2,1-2H3,(H,18,20)/b12-7+/t15-/m0/s1. The van der Waals surface area contributed by atoms with Crippen molar-refractivity contribution in [3.63, 3.8) is 0 Å². The molecule has 1 atom stereocenters. The molecule has 0 heterocycles. The van der Waals surface area contributed by atoms with Gasteiger partial charge in [-0.05, 0) is 18.4 Å². The summed E-state index contributed by atoms with van der Waals surface area (Å²) >= 11 is 0. The Morgan fingerprint density at radius 2 is 2.00 bits per heavy atom. The molecule has 0 unspecified atom stereocenters. The molecule has 0 saturated carbocycles. The monoisotopic (exact) mass is 305 g/mol. The van der Waals surface area contributed by atoms with Gasteiger partial charge in [0.2, 0.25) is 0 Å². The first kappa shape index (κ1) is 17.8. The summed E-state index contributed by atoms with van der Waals surface area (Å²) in [6.07, 6.45) is 4.91. The summed E-state index contributed by atoms with van der Waals surface area (Å²) in [5.41, 5.74) is 0.940. The highest BCUT2D eigenvalue weighted by Gasteiger charge is 2.11. The van der Waals surface area contributed by atoms with Gasteiger partial charge in [0.1, 0.15) is 6.61 Å². The van der Waals surface area contributed by atoms with Crippen molar-refractivity contribution in [2.45, 2.75) is 38.8 Å². The van der Waals surface area contributed by atoms with Crippen LogP contribution >= 0.6 is 0 Å². The molecular weight excluding hydrogens is 282 g/mol. The van der Waals surface area contributed by atoms with Crippen LogP contribution in [0, 0.1) is 0 Å². The van der Waals surface area contributed by atoms with Gasteiger partial charge in [-0.15, -0.1) is 0 Å². The van der Waals surface area contributed by atoms with E-state index in [0.29, 0.717) is 6.42 Å². The Hall–Kier alpha value is -2.30. The molecule has 1 amide bonds. The van der Waals surface area contributed by atoms with Crippen LogP contribution in [0.25, 0.3) is 0 Å². The van der Waals surface area contributed by atoms with Crippen LogP contribution in [0.2, 0.25) is 0 Å². The predicted molar refractivity (Wildman–Crippen MR) is 84.2 cm³/mol. The van der Waals surface area contributed by atoms with E-state index in [1.54, 1.807) is 6.08 Å². The van der Waals surface area contributed by atoms with E-state index >= 15 is 0 Å². The molecule has 0 aromatic heterocycles. The van der Waals surface area contributed by atoms with Gasteiger partial charge in [0.05, 0.1) is 7.11 Å². The Bertz CT molecular complexity index is 485. The molecule has 0 aliphatic heterocycles. The van der Waals surface area contributed by atoms with E-state index in [1.807, 2.05) is 37.3 Å². The average Bonchev–Trinajstić information content (AvgIpc) is 2.54. The van der Waals surface area contributed by atoms with E-state index < -0.39 is 12.1 Å². The number of hydrogen-bond donors (Lipinski definition) is 1. The minimum atomic E-state index is -0.450. The summed E-state index contributed by atoms with van der Waals surface area (Å²) in [4.78, 5) is 22.8. The van der Waals surface area contributed by atoms with Gasteiger partial charge in [0.15, 0.2) is 0 Å². The zero-order valence-electron chi connectivity index (χ0n) is 13.1. The number of rotatable bonds is 8. The maximum Gasteiger partial charge on any atom is 0.407 e. The van der Waals surface area contributed by atoms with Crippen molar-refractivity contribution in [3.8, 4) is 0 Å². The third-order valence-corrected chi connectivity index (χ3v) is 3.05. The molecule has 0 radical (unpaired) electrons. The normalized spacial score (nSPS) is 11.9. The fourth-order valence-corrected chi connectivity index (χ4v) is 1.93. The lowest BCUT2D eigenvalue weighted by Gasteiger charge is -2.16. The first-order valence-corrected chi connectivity index (χ1v) is 7.37. The molecule has 1 aromatic carbocycles. The van der Waals surface area contributed by atoms with Crippen LogP contribution in [0.15, 0.2) is 42.5 Å². The number of nitrogens with one attached hydrogen (secondary N) is 1. The minimum Gasteiger partial charge on any atom is -0.466 e. The number of amides is 1. The third kappa shape index (κ3) is 7.47. The number of benzene rings is 1. The first-order valence-electron chi connectivity index (χ1n) is 7.37. The molecule has 0 aliphatic rings. The second-order valence-electron chi connectivity index (χ2n) is 4.85. The van der Waals surface area contributed by atoms with Gasteiger partial charge in [-0.3, -0.25) is 0 Å². The van der Waals surface area contributed by atoms with Crippen molar-refractivity contribution in [1.29, 1.82) is 0 Å². The van der Waals surface area contributed by atoms with Crippen molar-refractivity contribution < 1.29 is 19.1 Å². The van der Waals surface area contributed by atoms with Crippen molar-refractivity contribution >= 4 is 12.1 Å². The maximum absolute atomic E-state index is 11.8. The Balaban J connectivity index is 2.39. The second kappa shape index (κ2) is 10.4. The van der Waals surface area contributed by atoms with Crippen LogP contribution in [0.5, 0.6) is 0 Å². The molecule has 0 spiro atoms. The minimum absolute atomic E-state index is 0.0609. The van der Waals surface area contributed by atoms with Gasteiger partial charge in [-0.2, -0.15) is 0 Å². The molecule has 5 nitrogen and oxygen atoms in total. The van der Waals surface area contributed by atoms with Gasteiger partial charge >= 0.3 is 12.1 Å². The molecule has 120 valence electrons. The summed E-state index contributed by atoms with van der Waals surface area (Å²) in [7, 11) is 1.33. The van der Waals surface area contributed by atoms with E-state index in [1.165, 1.54) is 13.2 Å². The van der Waals surface area contributed by atoms with Gasteiger partial charge in [-0.1, -0.05) is 49.8 Å². The van der Waals surface area contributed by atoms with Crippen LogP contribution < -0.4 is 5.32 Å². The fraction of sp³-hybridized carbons (Fsp3) is 0.412. The summed E-state index contributed by atoms with van der Waals surface area (Å²) in [5.74, 6) is -0.401. The molecule has 1 rings (SSSR count). The largest absolute Gasteiger partial charge is 0.466 e.